The van der Waals surface area contributed by atoms with E-state index in [1.807, 2.05) is 19.1 Å². The molecule has 106 valence electrons. The van der Waals surface area contributed by atoms with Crippen molar-refractivity contribution in [1.82, 2.24) is 10.2 Å². The number of benzene rings is 1. The Bertz CT molecular complexity index is 606. The Morgan fingerprint density at radius 3 is 2.40 bits per heavy atom. The van der Waals surface area contributed by atoms with Gasteiger partial charge in [-0.1, -0.05) is 0 Å². The summed E-state index contributed by atoms with van der Waals surface area (Å²) in [4.78, 5) is 0. The van der Waals surface area contributed by atoms with E-state index in [1.54, 1.807) is 7.11 Å². The molecule has 2 N–H and O–H groups in total. The van der Waals surface area contributed by atoms with E-state index in [4.69, 9.17) is 10.5 Å². The summed E-state index contributed by atoms with van der Waals surface area (Å²) in [6.45, 7) is 6.79. The molecule has 0 aliphatic heterocycles. The van der Waals surface area contributed by atoms with Gasteiger partial charge in [-0.05, 0) is 62.2 Å². The fourth-order valence-electron chi connectivity index (χ4n) is 2.42. The highest BCUT2D eigenvalue weighted by Crippen LogP contribution is 2.33. The average Bonchev–Trinajstić information content (AvgIpc) is 2.45. The molecule has 1 aromatic heterocycles. The number of nitrogens with two attached hydrogens (primary N) is 1. The highest BCUT2D eigenvalue weighted by molar-refractivity contribution is 5.68. The molecule has 2 rings (SSSR count). The Kier molecular flexibility index (Phi) is 4.35. The van der Waals surface area contributed by atoms with Gasteiger partial charge in [-0.15, -0.1) is 0 Å². The zero-order chi connectivity index (χ0) is 14.7. The summed E-state index contributed by atoms with van der Waals surface area (Å²) in [5.74, 6) is 0.943. The molecule has 0 aliphatic rings. The van der Waals surface area contributed by atoms with E-state index < -0.39 is 0 Å². The summed E-state index contributed by atoms with van der Waals surface area (Å²) < 4.78 is 5.45. The highest BCUT2D eigenvalue weighted by atomic mass is 16.5. The Morgan fingerprint density at radius 1 is 1.10 bits per heavy atom. The third-order valence-corrected chi connectivity index (χ3v) is 3.63. The number of ether oxygens (including phenoxy) is 1. The van der Waals surface area contributed by atoms with Crippen molar-refractivity contribution < 1.29 is 4.74 Å². The molecule has 1 heterocycles. The molecule has 0 atom stereocenters. The molecule has 2 aromatic rings. The third-order valence-electron chi connectivity index (χ3n) is 3.63. The van der Waals surface area contributed by atoms with Crippen LogP contribution in [-0.4, -0.2) is 23.9 Å². The second kappa shape index (κ2) is 6.01. The van der Waals surface area contributed by atoms with E-state index in [-0.39, 0.29) is 0 Å². The van der Waals surface area contributed by atoms with Gasteiger partial charge in [0.15, 0.2) is 0 Å². The minimum absolute atomic E-state index is 0.591. The molecule has 4 heteroatoms. The predicted molar refractivity (Wildman–Crippen MR) is 81.0 cm³/mol. The van der Waals surface area contributed by atoms with Crippen LogP contribution in [-0.2, 0) is 6.42 Å². The van der Waals surface area contributed by atoms with Crippen molar-refractivity contribution in [3.05, 3.63) is 40.6 Å². The number of nitrogens with zero attached hydrogens (tertiary/aromatic N) is 2. The van der Waals surface area contributed by atoms with E-state index in [0.717, 1.165) is 40.2 Å². The van der Waals surface area contributed by atoms with E-state index in [1.165, 1.54) is 5.56 Å². The zero-order valence-electron chi connectivity index (χ0n) is 12.5. The molecule has 0 aliphatic carbocycles. The second-order valence-electron chi connectivity index (χ2n) is 4.97. The van der Waals surface area contributed by atoms with Crippen LogP contribution in [0.25, 0.3) is 11.3 Å². The first-order valence-electron chi connectivity index (χ1n) is 6.76. The van der Waals surface area contributed by atoms with Crippen LogP contribution >= 0.6 is 0 Å². The van der Waals surface area contributed by atoms with Crippen molar-refractivity contribution in [2.75, 3.05) is 13.7 Å². The SMILES string of the molecule is COc1c(C)cc(-c2ccc(CCN)nn2)c(C)c1C. The van der Waals surface area contributed by atoms with E-state index >= 15 is 0 Å². The molecule has 4 nitrogen and oxygen atoms in total. The molecule has 0 unspecified atom stereocenters. The number of aryl methyl sites for hydroxylation is 1. The lowest BCUT2D eigenvalue weighted by Crippen LogP contribution is -2.05. The lowest BCUT2D eigenvalue weighted by Gasteiger charge is -2.15. The summed E-state index contributed by atoms with van der Waals surface area (Å²) in [6, 6.07) is 6.10. The monoisotopic (exact) mass is 271 g/mol. The van der Waals surface area contributed by atoms with Crippen LogP contribution in [0.15, 0.2) is 18.2 Å². The van der Waals surface area contributed by atoms with Gasteiger partial charge in [0.05, 0.1) is 18.5 Å². The summed E-state index contributed by atoms with van der Waals surface area (Å²) in [6.07, 6.45) is 0.757. The Morgan fingerprint density at radius 2 is 1.85 bits per heavy atom. The Balaban J connectivity index is 2.47. The van der Waals surface area contributed by atoms with Crippen molar-refractivity contribution in [2.24, 2.45) is 5.73 Å². The van der Waals surface area contributed by atoms with Crippen LogP contribution in [0.5, 0.6) is 5.75 Å². The topological polar surface area (TPSA) is 61.0 Å². The van der Waals surface area contributed by atoms with E-state index in [9.17, 15) is 0 Å². The zero-order valence-corrected chi connectivity index (χ0v) is 12.5. The fraction of sp³-hybridized carbons (Fsp3) is 0.375. The van der Waals surface area contributed by atoms with Gasteiger partial charge in [0.2, 0.25) is 0 Å². The number of hydrogen-bond acceptors (Lipinski definition) is 4. The maximum absolute atomic E-state index is 5.52. The van der Waals surface area contributed by atoms with Crippen LogP contribution in [0.3, 0.4) is 0 Å². The summed E-state index contributed by atoms with van der Waals surface area (Å²) >= 11 is 0. The summed E-state index contributed by atoms with van der Waals surface area (Å²) in [5, 5.41) is 8.55. The van der Waals surface area contributed by atoms with Crippen molar-refractivity contribution in [1.29, 1.82) is 0 Å². The lowest BCUT2D eigenvalue weighted by atomic mass is 9.96. The molecule has 0 saturated carbocycles. The van der Waals surface area contributed by atoms with Crippen molar-refractivity contribution in [3.63, 3.8) is 0 Å². The molecular formula is C16H21N3O. The van der Waals surface area contributed by atoms with Crippen LogP contribution in [0.2, 0.25) is 0 Å². The van der Waals surface area contributed by atoms with Gasteiger partial charge in [0, 0.05) is 12.0 Å². The van der Waals surface area contributed by atoms with Crippen LogP contribution in [0.1, 0.15) is 22.4 Å². The van der Waals surface area contributed by atoms with Crippen LogP contribution in [0, 0.1) is 20.8 Å². The molecular weight excluding hydrogens is 250 g/mol. The van der Waals surface area contributed by atoms with Gasteiger partial charge in [0.25, 0.3) is 0 Å². The standard InChI is InChI=1S/C16H21N3O/c1-10-9-14(11(2)12(3)16(10)20-4)15-6-5-13(7-8-17)18-19-15/h5-6,9H,7-8,17H2,1-4H3. The molecule has 1 aromatic carbocycles. The highest BCUT2D eigenvalue weighted by Gasteiger charge is 2.13. The van der Waals surface area contributed by atoms with Gasteiger partial charge in [-0.2, -0.15) is 10.2 Å². The first-order valence-corrected chi connectivity index (χ1v) is 6.76. The molecule has 20 heavy (non-hydrogen) atoms. The van der Waals surface area contributed by atoms with Crippen molar-refractivity contribution >= 4 is 0 Å². The Hall–Kier alpha value is -1.94. The van der Waals surface area contributed by atoms with Gasteiger partial charge in [0.1, 0.15) is 5.75 Å². The predicted octanol–water partition coefficient (Wildman–Crippen LogP) is 2.58. The van der Waals surface area contributed by atoms with Gasteiger partial charge >= 0.3 is 0 Å². The lowest BCUT2D eigenvalue weighted by molar-refractivity contribution is 0.408. The third kappa shape index (κ3) is 2.65. The van der Waals surface area contributed by atoms with Crippen LogP contribution < -0.4 is 10.5 Å². The maximum Gasteiger partial charge on any atom is 0.124 e. The van der Waals surface area contributed by atoms with Gasteiger partial charge < -0.3 is 10.5 Å². The maximum atomic E-state index is 5.52. The van der Waals surface area contributed by atoms with Gasteiger partial charge in [-0.3, -0.25) is 0 Å². The quantitative estimate of drug-likeness (QED) is 0.928. The fourth-order valence-corrected chi connectivity index (χ4v) is 2.42. The van der Waals surface area contributed by atoms with Gasteiger partial charge in [-0.25, -0.2) is 0 Å². The first-order chi connectivity index (χ1) is 9.58. The summed E-state index contributed by atoms with van der Waals surface area (Å²) in [7, 11) is 1.70. The minimum atomic E-state index is 0.591. The first kappa shape index (κ1) is 14.5. The number of aromatic nitrogens is 2. The Labute approximate surface area is 120 Å². The molecule has 0 amide bonds. The summed E-state index contributed by atoms with van der Waals surface area (Å²) in [5.41, 5.74) is 11.9. The largest absolute Gasteiger partial charge is 0.496 e. The normalized spacial score (nSPS) is 10.7. The molecule has 0 fully saturated rings. The molecule has 0 radical (unpaired) electrons. The molecule has 0 saturated heterocycles. The van der Waals surface area contributed by atoms with Crippen molar-refractivity contribution in [3.8, 4) is 17.0 Å². The second-order valence-corrected chi connectivity index (χ2v) is 4.97. The van der Waals surface area contributed by atoms with E-state index in [0.29, 0.717) is 6.54 Å². The average molecular weight is 271 g/mol. The smallest absolute Gasteiger partial charge is 0.124 e. The molecule has 0 spiro atoms. The number of methoxy groups -OCH3 is 1. The number of hydrogen-bond donors (Lipinski definition) is 1. The molecule has 0 bridgehead atoms. The van der Waals surface area contributed by atoms with Crippen molar-refractivity contribution in [2.45, 2.75) is 27.2 Å². The van der Waals surface area contributed by atoms with E-state index in [2.05, 4.69) is 30.1 Å². The minimum Gasteiger partial charge on any atom is -0.496 e. The van der Waals surface area contributed by atoms with Crippen LogP contribution in [0.4, 0.5) is 0 Å². The number of rotatable bonds is 4.